The van der Waals surface area contributed by atoms with E-state index in [1.807, 2.05) is 0 Å². The summed E-state index contributed by atoms with van der Waals surface area (Å²) < 4.78 is 43.9. The van der Waals surface area contributed by atoms with Gasteiger partial charge in [0.15, 0.2) is 5.96 Å². The first-order valence-corrected chi connectivity index (χ1v) is 5.95. The second-order valence-electron chi connectivity index (χ2n) is 4.13. The number of nitrogens with zero attached hydrogens (tertiary/aromatic N) is 1. The Morgan fingerprint density at radius 2 is 2.00 bits per heavy atom. The summed E-state index contributed by atoms with van der Waals surface area (Å²) in [6.07, 6.45) is -6.28. The molecule has 0 saturated carbocycles. The minimum atomic E-state index is -4.81. The van der Waals surface area contributed by atoms with Crippen LogP contribution in [0, 0.1) is 0 Å². The second-order valence-corrected chi connectivity index (χ2v) is 4.54. The predicted octanol–water partition coefficient (Wildman–Crippen LogP) is 1.85. The third-order valence-electron chi connectivity index (χ3n) is 2.61. The number of ether oxygens (including phenoxy) is 1. The molecule has 0 aliphatic carbocycles. The summed E-state index contributed by atoms with van der Waals surface area (Å²) in [6, 6.07) is 4.21. The molecule has 0 spiro atoms. The van der Waals surface area contributed by atoms with Crippen LogP contribution in [0.2, 0.25) is 5.02 Å². The quantitative estimate of drug-likeness (QED) is 0.610. The predicted molar refractivity (Wildman–Crippen MR) is 70.7 cm³/mol. The maximum absolute atomic E-state index is 13.0. The van der Waals surface area contributed by atoms with Gasteiger partial charge in [-0.3, -0.25) is 4.79 Å². The van der Waals surface area contributed by atoms with Crippen molar-refractivity contribution in [1.29, 1.82) is 0 Å². The number of aliphatic imine (C=N–C) groups is 1. The van der Waals surface area contributed by atoms with Crippen molar-refractivity contribution in [1.82, 2.24) is 0 Å². The number of halogens is 4. The molecule has 1 amide bonds. The van der Waals surface area contributed by atoms with Gasteiger partial charge in [-0.2, -0.15) is 18.2 Å². The third-order valence-corrected chi connectivity index (χ3v) is 2.94. The van der Waals surface area contributed by atoms with Gasteiger partial charge in [0.2, 0.25) is 6.10 Å². The van der Waals surface area contributed by atoms with Crippen molar-refractivity contribution in [3.63, 3.8) is 0 Å². The average Bonchev–Trinajstić information content (AvgIpc) is 2.36. The highest BCUT2D eigenvalue weighted by atomic mass is 35.5. The van der Waals surface area contributed by atoms with E-state index in [0.717, 1.165) is 6.08 Å². The first-order chi connectivity index (χ1) is 9.70. The lowest BCUT2D eigenvalue weighted by atomic mass is 10.0. The molecule has 1 aromatic carbocycles. The zero-order chi connectivity index (χ0) is 15.8. The van der Waals surface area contributed by atoms with Gasteiger partial charge in [0.1, 0.15) is 5.75 Å². The highest BCUT2D eigenvalue weighted by molar-refractivity contribution is 6.32. The minimum Gasteiger partial charge on any atom is -0.475 e. The van der Waals surface area contributed by atoms with E-state index in [4.69, 9.17) is 27.8 Å². The lowest BCUT2D eigenvalue weighted by molar-refractivity contribution is -0.185. The Morgan fingerprint density at radius 3 is 2.57 bits per heavy atom. The molecule has 0 bridgehead atoms. The number of alkyl halides is 3. The molecule has 112 valence electrons. The molecule has 1 aromatic rings. The molecule has 0 radical (unpaired) electrons. The first-order valence-electron chi connectivity index (χ1n) is 5.57. The van der Waals surface area contributed by atoms with Gasteiger partial charge in [-0.25, -0.2) is 0 Å². The second kappa shape index (κ2) is 5.28. The standard InChI is InChI=1S/C12H9ClF3N3O2/c13-7-2-1-3-8-5(7)4-6(10(20)19-11(17)18)9(21-8)12(14,15)16/h1-4,9H,(H4,17,18,19,20)/t9-/m1/s1. The van der Waals surface area contributed by atoms with Gasteiger partial charge in [-0.05, 0) is 18.2 Å². The fourth-order valence-electron chi connectivity index (χ4n) is 1.78. The van der Waals surface area contributed by atoms with Crippen molar-refractivity contribution < 1.29 is 22.7 Å². The van der Waals surface area contributed by atoms with Gasteiger partial charge in [-0.15, -0.1) is 0 Å². The van der Waals surface area contributed by atoms with Gasteiger partial charge in [-0.1, -0.05) is 17.7 Å². The van der Waals surface area contributed by atoms with E-state index in [1.165, 1.54) is 18.2 Å². The number of carbonyl (C=O) groups is 1. The van der Waals surface area contributed by atoms with Crippen LogP contribution in [0.3, 0.4) is 0 Å². The highest BCUT2D eigenvalue weighted by Gasteiger charge is 2.48. The fourth-order valence-corrected chi connectivity index (χ4v) is 2.00. The van der Waals surface area contributed by atoms with E-state index in [0.29, 0.717) is 0 Å². The average molecular weight is 320 g/mol. The van der Waals surface area contributed by atoms with Crippen LogP contribution in [-0.4, -0.2) is 24.1 Å². The molecule has 0 saturated heterocycles. The molecule has 1 aliphatic heterocycles. The van der Waals surface area contributed by atoms with E-state index in [1.54, 1.807) is 0 Å². The Kier molecular flexibility index (Phi) is 3.82. The van der Waals surface area contributed by atoms with Crippen molar-refractivity contribution in [2.75, 3.05) is 0 Å². The number of rotatable bonds is 1. The molecule has 4 N–H and O–H groups in total. The lowest BCUT2D eigenvalue weighted by Crippen LogP contribution is -2.40. The van der Waals surface area contributed by atoms with Crippen LogP contribution in [0.1, 0.15) is 5.56 Å². The summed E-state index contributed by atoms with van der Waals surface area (Å²) in [5, 5.41) is 0.142. The molecule has 5 nitrogen and oxygen atoms in total. The summed E-state index contributed by atoms with van der Waals surface area (Å²) in [5.74, 6) is -1.96. The molecule has 1 aliphatic rings. The normalized spacial score (nSPS) is 17.3. The Hall–Kier alpha value is -2.22. The minimum absolute atomic E-state index is 0.0777. The fraction of sp³-hybridized carbons (Fsp3) is 0.167. The van der Waals surface area contributed by atoms with E-state index in [2.05, 4.69) is 4.99 Å². The first kappa shape index (κ1) is 15.2. The number of carbonyl (C=O) groups excluding carboxylic acids is 1. The lowest BCUT2D eigenvalue weighted by Gasteiger charge is -2.27. The third kappa shape index (κ3) is 3.10. The number of hydrogen-bond donors (Lipinski definition) is 2. The monoisotopic (exact) mass is 319 g/mol. The highest BCUT2D eigenvalue weighted by Crippen LogP contribution is 2.40. The van der Waals surface area contributed by atoms with Crippen molar-refractivity contribution in [3.8, 4) is 5.75 Å². The van der Waals surface area contributed by atoms with Gasteiger partial charge < -0.3 is 16.2 Å². The van der Waals surface area contributed by atoms with Crippen LogP contribution < -0.4 is 16.2 Å². The van der Waals surface area contributed by atoms with E-state index in [-0.39, 0.29) is 16.3 Å². The van der Waals surface area contributed by atoms with Crippen molar-refractivity contribution in [2.24, 2.45) is 16.5 Å². The maximum atomic E-state index is 13.0. The summed E-state index contributed by atoms with van der Waals surface area (Å²) in [7, 11) is 0. The van der Waals surface area contributed by atoms with Crippen molar-refractivity contribution in [2.45, 2.75) is 12.3 Å². The van der Waals surface area contributed by atoms with Crippen LogP contribution in [0.15, 0.2) is 28.8 Å². The molecule has 0 unspecified atom stereocenters. The molecule has 1 atom stereocenters. The zero-order valence-electron chi connectivity index (χ0n) is 10.3. The topological polar surface area (TPSA) is 90.7 Å². The smallest absolute Gasteiger partial charge is 0.429 e. The number of fused-ring (bicyclic) bond motifs is 1. The Morgan fingerprint density at radius 1 is 1.33 bits per heavy atom. The zero-order valence-corrected chi connectivity index (χ0v) is 11.1. The van der Waals surface area contributed by atoms with Gasteiger partial charge in [0.25, 0.3) is 5.91 Å². The Bertz CT molecular complexity index is 652. The molecular weight excluding hydrogens is 311 g/mol. The van der Waals surface area contributed by atoms with Gasteiger partial charge in [0, 0.05) is 5.56 Å². The number of nitrogens with two attached hydrogens (primary N) is 2. The van der Waals surface area contributed by atoms with Crippen molar-refractivity contribution >= 4 is 29.5 Å². The SMILES string of the molecule is NC(N)=NC(=O)C1=Cc2c(Cl)cccc2O[C@H]1C(F)(F)F. The Balaban J connectivity index is 2.57. The molecule has 1 heterocycles. The largest absolute Gasteiger partial charge is 0.475 e. The van der Waals surface area contributed by atoms with Crippen LogP contribution in [0.25, 0.3) is 6.08 Å². The number of guanidine groups is 1. The molecule has 0 fully saturated rings. The van der Waals surface area contributed by atoms with Crippen LogP contribution in [0.5, 0.6) is 5.75 Å². The van der Waals surface area contributed by atoms with Gasteiger partial charge in [0.05, 0.1) is 10.6 Å². The van der Waals surface area contributed by atoms with Crippen LogP contribution in [0.4, 0.5) is 13.2 Å². The van der Waals surface area contributed by atoms with E-state index >= 15 is 0 Å². The number of amides is 1. The van der Waals surface area contributed by atoms with Crippen LogP contribution in [-0.2, 0) is 4.79 Å². The maximum Gasteiger partial charge on any atom is 0.429 e. The molecule has 0 aromatic heterocycles. The van der Waals surface area contributed by atoms with Crippen molar-refractivity contribution in [3.05, 3.63) is 34.4 Å². The Labute approximate surface area is 122 Å². The molecule has 2 rings (SSSR count). The summed E-state index contributed by atoms with van der Waals surface area (Å²) >= 11 is 5.88. The molecular formula is C12H9ClF3N3O2. The molecule has 9 heteroatoms. The van der Waals surface area contributed by atoms with Crippen LogP contribution >= 0.6 is 11.6 Å². The summed E-state index contributed by atoms with van der Waals surface area (Å²) in [5.41, 5.74) is 9.44. The summed E-state index contributed by atoms with van der Waals surface area (Å²) in [4.78, 5) is 14.9. The van der Waals surface area contributed by atoms with E-state index < -0.39 is 29.7 Å². The number of hydrogen-bond acceptors (Lipinski definition) is 2. The van der Waals surface area contributed by atoms with E-state index in [9.17, 15) is 18.0 Å². The number of benzene rings is 1. The molecule has 21 heavy (non-hydrogen) atoms. The summed E-state index contributed by atoms with van der Waals surface area (Å²) in [6.45, 7) is 0. The van der Waals surface area contributed by atoms with Gasteiger partial charge >= 0.3 is 6.18 Å².